The predicted molar refractivity (Wildman–Crippen MR) is 135 cm³/mol. The van der Waals surface area contributed by atoms with E-state index in [1.54, 1.807) is 10.8 Å². The molecule has 0 fully saturated rings. The average molecular weight is 458 g/mol. The van der Waals surface area contributed by atoms with Gasteiger partial charge in [0.05, 0.1) is 17.4 Å². The van der Waals surface area contributed by atoms with Gasteiger partial charge in [0.1, 0.15) is 0 Å². The molecule has 6 nitrogen and oxygen atoms in total. The number of nitrogens with zero attached hydrogens (tertiary/aromatic N) is 2. The quantitative estimate of drug-likeness (QED) is 0.374. The minimum Gasteiger partial charge on any atom is -0.545 e. The fourth-order valence-corrected chi connectivity index (χ4v) is 3.82. The first-order valence-electron chi connectivity index (χ1n) is 11.0. The van der Waals surface area contributed by atoms with Crippen LogP contribution in [0.2, 0.25) is 0 Å². The number of hydrogen-bond donors (Lipinski definition) is 1. The van der Waals surface area contributed by atoms with E-state index in [1.165, 1.54) is 30.3 Å². The second-order valence-electron chi connectivity index (χ2n) is 7.96. The number of amides is 1. The van der Waals surface area contributed by atoms with Crippen molar-refractivity contribution in [3.8, 4) is 16.9 Å². The van der Waals surface area contributed by atoms with Crippen LogP contribution in [0.15, 0.2) is 109 Å². The van der Waals surface area contributed by atoms with Crippen LogP contribution in [0.5, 0.6) is 0 Å². The summed E-state index contributed by atoms with van der Waals surface area (Å²) in [7, 11) is 0. The minimum absolute atomic E-state index is 0.0481. The number of hydrogen-bond acceptors (Lipinski definition) is 4. The molecule has 6 heteroatoms. The second kappa shape index (κ2) is 9.49. The number of carbonyl (C=O) groups excluding carboxylic acids is 2. The van der Waals surface area contributed by atoms with Crippen LogP contribution in [0, 0.1) is 0 Å². The molecule has 1 amide bonds. The van der Waals surface area contributed by atoms with Crippen LogP contribution in [0.3, 0.4) is 0 Å². The number of aromatic carboxylic acids is 1. The van der Waals surface area contributed by atoms with Crippen molar-refractivity contribution in [3.05, 3.63) is 120 Å². The lowest BCUT2D eigenvalue weighted by Gasteiger charge is -2.05. The number of benzene rings is 4. The zero-order valence-corrected chi connectivity index (χ0v) is 18.6. The highest BCUT2D eigenvalue weighted by molar-refractivity contribution is 6.02. The monoisotopic (exact) mass is 458 g/mol. The van der Waals surface area contributed by atoms with Gasteiger partial charge in [0.25, 0.3) is 0 Å². The van der Waals surface area contributed by atoms with Crippen molar-refractivity contribution >= 4 is 34.4 Å². The Morgan fingerprint density at radius 2 is 1.54 bits per heavy atom. The van der Waals surface area contributed by atoms with E-state index >= 15 is 0 Å². The molecule has 0 aliphatic carbocycles. The lowest BCUT2D eigenvalue weighted by Crippen LogP contribution is -2.22. The maximum atomic E-state index is 12.6. The predicted octanol–water partition coefficient (Wildman–Crippen LogP) is 4.71. The zero-order chi connectivity index (χ0) is 24.2. The smallest absolute Gasteiger partial charge is 0.248 e. The van der Waals surface area contributed by atoms with Crippen LogP contribution < -0.4 is 10.4 Å². The number of carboxylic acid groups (broad SMARTS) is 1. The van der Waals surface area contributed by atoms with E-state index in [-0.39, 0.29) is 11.5 Å². The molecule has 0 unspecified atom stereocenters. The van der Waals surface area contributed by atoms with Crippen molar-refractivity contribution in [1.29, 1.82) is 0 Å². The van der Waals surface area contributed by atoms with Crippen molar-refractivity contribution in [1.82, 2.24) is 9.78 Å². The lowest BCUT2D eigenvalue weighted by atomic mass is 10.0. The molecule has 170 valence electrons. The number of para-hydroxylation sites is 1. The maximum absolute atomic E-state index is 12.6. The van der Waals surface area contributed by atoms with Gasteiger partial charge in [-0.3, -0.25) is 4.79 Å². The molecular weight excluding hydrogens is 438 g/mol. The molecule has 0 saturated heterocycles. The summed E-state index contributed by atoms with van der Waals surface area (Å²) in [5.41, 5.74) is 3.92. The molecule has 5 rings (SSSR count). The van der Waals surface area contributed by atoms with Gasteiger partial charge in [-0.15, -0.1) is 0 Å². The van der Waals surface area contributed by atoms with E-state index in [9.17, 15) is 14.7 Å². The third kappa shape index (κ3) is 4.86. The molecule has 0 saturated carbocycles. The number of nitrogens with one attached hydrogen (secondary N) is 1. The molecule has 0 bridgehead atoms. The van der Waals surface area contributed by atoms with Crippen molar-refractivity contribution < 1.29 is 14.7 Å². The van der Waals surface area contributed by atoms with Crippen LogP contribution >= 0.6 is 0 Å². The highest BCUT2D eigenvalue weighted by atomic mass is 16.4. The number of anilines is 1. The largest absolute Gasteiger partial charge is 0.545 e. The van der Waals surface area contributed by atoms with Gasteiger partial charge in [-0.25, -0.2) is 4.68 Å². The van der Waals surface area contributed by atoms with E-state index < -0.39 is 5.97 Å². The molecule has 35 heavy (non-hydrogen) atoms. The van der Waals surface area contributed by atoms with E-state index in [2.05, 4.69) is 29.6 Å². The van der Waals surface area contributed by atoms with Gasteiger partial charge in [0.15, 0.2) is 0 Å². The number of rotatable bonds is 6. The Morgan fingerprint density at radius 3 is 2.29 bits per heavy atom. The molecule has 0 atom stereocenters. The molecule has 0 spiro atoms. The van der Waals surface area contributed by atoms with E-state index in [4.69, 9.17) is 5.10 Å². The third-order valence-corrected chi connectivity index (χ3v) is 5.59. The molecule has 0 aliphatic heterocycles. The van der Waals surface area contributed by atoms with E-state index in [1.807, 2.05) is 54.7 Å². The summed E-state index contributed by atoms with van der Waals surface area (Å²) in [6.45, 7) is 0. The third-order valence-electron chi connectivity index (χ3n) is 5.59. The van der Waals surface area contributed by atoms with Gasteiger partial charge in [-0.05, 0) is 52.7 Å². The summed E-state index contributed by atoms with van der Waals surface area (Å²) >= 11 is 0. The Balaban J connectivity index is 1.46. The van der Waals surface area contributed by atoms with Crippen molar-refractivity contribution in [2.45, 2.75) is 0 Å². The first kappa shape index (κ1) is 21.9. The molecule has 1 aromatic heterocycles. The Morgan fingerprint density at radius 1 is 0.829 bits per heavy atom. The summed E-state index contributed by atoms with van der Waals surface area (Å²) < 4.78 is 1.79. The fourth-order valence-electron chi connectivity index (χ4n) is 3.82. The van der Waals surface area contributed by atoms with Crippen LogP contribution in [0.25, 0.3) is 33.8 Å². The van der Waals surface area contributed by atoms with Crippen molar-refractivity contribution in [2.24, 2.45) is 0 Å². The Kier molecular flexibility index (Phi) is 5.92. The van der Waals surface area contributed by atoms with Gasteiger partial charge in [0, 0.05) is 29.1 Å². The van der Waals surface area contributed by atoms with E-state index in [0.717, 1.165) is 33.3 Å². The molecule has 1 N–H and O–H groups in total. The number of aromatic nitrogens is 2. The molecule has 0 aliphatic rings. The molecule has 1 heterocycles. The van der Waals surface area contributed by atoms with Crippen molar-refractivity contribution in [2.75, 3.05) is 5.32 Å². The summed E-state index contributed by atoms with van der Waals surface area (Å²) in [5, 5.41) is 20.7. The number of carbonyl (C=O) groups is 2. The van der Waals surface area contributed by atoms with Gasteiger partial charge in [-0.1, -0.05) is 66.7 Å². The van der Waals surface area contributed by atoms with Crippen LogP contribution in [0.4, 0.5) is 5.69 Å². The normalized spacial score (nSPS) is 11.1. The lowest BCUT2D eigenvalue weighted by molar-refractivity contribution is -0.255. The maximum Gasteiger partial charge on any atom is 0.248 e. The topological polar surface area (TPSA) is 87.0 Å². The molecule has 5 aromatic rings. The van der Waals surface area contributed by atoms with Gasteiger partial charge >= 0.3 is 0 Å². The Labute approximate surface area is 201 Å². The Hall–Kier alpha value is -4.97. The number of carboxylic acids is 1. The fraction of sp³-hybridized carbons (Fsp3) is 0. The number of fused-ring (bicyclic) bond motifs is 1. The standard InChI is InChI=1S/C29H21N3O3/c33-27(30-25-15-12-21(13-16-25)29(34)35)17-14-24-19-32(26-8-2-1-3-9-26)31-28(24)23-11-10-20-6-4-5-7-22(20)18-23/h1-19H,(H,30,33)(H,34,35)/p-1/b17-14-. The van der Waals surface area contributed by atoms with E-state index in [0.29, 0.717) is 5.69 Å². The first-order chi connectivity index (χ1) is 17.1. The second-order valence-corrected chi connectivity index (χ2v) is 7.96. The van der Waals surface area contributed by atoms with Crippen LogP contribution in [-0.4, -0.2) is 21.7 Å². The van der Waals surface area contributed by atoms with Crippen LogP contribution in [0.1, 0.15) is 15.9 Å². The molecule has 0 radical (unpaired) electrons. The van der Waals surface area contributed by atoms with Gasteiger partial charge in [0.2, 0.25) is 5.91 Å². The van der Waals surface area contributed by atoms with Gasteiger partial charge < -0.3 is 15.2 Å². The summed E-state index contributed by atoms with van der Waals surface area (Å²) in [5.74, 6) is -1.61. The van der Waals surface area contributed by atoms with Crippen molar-refractivity contribution in [3.63, 3.8) is 0 Å². The van der Waals surface area contributed by atoms with Gasteiger partial charge in [-0.2, -0.15) is 5.10 Å². The highest BCUT2D eigenvalue weighted by Crippen LogP contribution is 2.28. The SMILES string of the molecule is O=C(/C=C\c1cn(-c2ccccc2)nc1-c1ccc2ccccc2c1)Nc1ccc(C(=O)[O-])cc1. The summed E-state index contributed by atoms with van der Waals surface area (Å²) in [6, 6.07) is 29.9. The summed E-state index contributed by atoms with van der Waals surface area (Å²) in [6.07, 6.45) is 5.05. The zero-order valence-electron chi connectivity index (χ0n) is 18.6. The molecular formula is C29H20N3O3-. The minimum atomic E-state index is -1.26. The molecule has 4 aromatic carbocycles. The highest BCUT2D eigenvalue weighted by Gasteiger charge is 2.12. The summed E-state index contributed by atoms with van der Waals surface area (Å²) in [4.78, 5) is 23.5. The first-order valence-corrected chi connectivity index (χ1v) is 11.0. The van der Waals surface area contributed by atoms with Crippen LogP contribution in [-0.2, 0) is 4.79 Å². The average Bonchev–Trinajstić information content (AvgIpc) is 3.32. The Bertz CT molecular complexity index is 1550.